The smallest absolute Gasteiger partial charge is 0.337 e. The van der Waals surface area contributed by atoms with E-state index >= 15 is 0 Å². The van der Waals surface area contributed by atoms with Crippen molar-refractivity contribution in [3.8, 4) is 0 Å². The van der Waals surface area contributed by atoms with Crippen molar-refractivity contribution in [1.29, 1.82) is 0 Å². The number of carbonyl (C=O) groups excluding carboxylic acids is 1. The first-order valence-electron chi connectivity index (χ1n) is 6.25. The summed E-state index contributed by atoms with van der Waals surface area (Å²) in [5, 5.41) is 9.41. The minimum absolute atomic E-state index is 0.138. The third-order valence-corrected chi connectivity index (χ3v) is 5.03. The number of hydrogen-bond acceptors (Lipinski definition) is 5. The maximum atomic E-state index is 12.2. The number of sulfonamides is 1. The molecule has 0 radical (unpaired) electrons. The number of rotatable bonds is 4. The van der Waals surface area contributed by atoms with Gasteiger partial charge in [-0.2, -0.15) is 4.31 Å². The summed E-state index contributed by atoms with van der Waals surface area (Å²) in [4.78, 5) is 11.4. The Labute approximate surface area is 118 Å². The predicted octanol–water partition coefficient (Wildman–Crippen LogP) is 0.370. The van der Waals surface area contributed by atoms with Crippen LogP contribution >= 0.6 is 0 Å². The van der Waals surface area contributed by atoms with Gasteiger partial charge in [-0.15, -0.1) is 0 Å². The van der Waals surface area contributed by atoms with Gasteiger partial charge in [-0.1, -0.05) is 12.1 Å². The zero-order chi connectivity index (χ0) is 14.8. The van der Waals surface area contributed by atoms with Crippen LogP contribution in [0, 0.1) is 0 Å². The molecule has 1 N–H and O–H groups in total. The van der Waals surface area contributed by atoms with Crippen LogP contribution in [0.5, 0.6) is 0 Å². The maximum absolute atomic E-state index is 12.2. The third kappa shape index (κ3) is 3.36. The average Bonchev–Trinajstić information content (AvgIpc) is 2.85. The van der Waals surface area contributed by atoms with Crippen molar-refractivity contribution in [3.05, 3.63) is 35.4 Å². The van der Waals surface area contributed by atoms with Crippen molar-refractivity contribution >= 4 is 16.0 Å². The fourth-order valence-electron chi connectivity index (χ4n) is 2.17. The van der Waals surface area contributed by atoms with Crippen molar-refractivity contribution in [1.82, 2.24) is 4.31 Å². The van der Waals surface area contributed by atoms with Crippen LogP contribution in [0.25, 0.3) is 0 Å². The molecule has 110 valence electrons. The number of carbonyl (C=O) groups is 1. The molecule has 0 aromatic heterocycles. The summed E-state index contributed by atoms with van der Waals surface area (Å²) in [6.45, 7) is 0.471. The van der Waals surface area contributed by atoms with E-state index in [1.807, 2.05) is 0 Å². The Morgan fingerprint density at radius 3 is 2.85 bits per heavy atom. The Morgan fingerprint density at radius 1 is 1.50 bits per heavy atom. The zero-order valence-electron chi connectivity index (χ0n) is 11.2. The summed E-state index contributed by atoms with van der Waals surface area (Å²) in [5.74, 6) is -0.689. The molecule has 2 rings (SSSR count). The molecule has 6 nitrogen and oxygen atoms in total. The fourth-order valence-corrected chi connectivity index (χ4v) is 3.74. The van der Waals surface area contributed by atoms with Crippen molar-refractivity contribution in [2.75, 3.05) is 20.2 Å². The van der Waals surface area contributed by atoms with Gasteiger partial charge in [-0.3, -0.25) is 0 Å². The maximum Gasteiger partial charge on any atom is 0.337 e. The third-order valence-electron chi connectivity index (χ3n) is 3.22. The normalized spacial score (nSPS) is 20.0. The molecule has 1 saturated heterocycles. The lowest BCUT2D eigenvalue weighted by atomic mass is 10.1. The molecule has 1 aromatic carbocycles. The van der Waals surface area contributed by atoms with E-state index in [1.54, 1.807) is 18.2 Å². The Bertz CT molecular complexity index is 599. The first-order valence-corrected chi connectivity index (χ1v) is 7.86. The van der Waals surface area contributed by atoms with Gasteiger partial charge in [0.05, 0.1) is 24.5 Å². The van der Waals surface area contributed by atoms with Gasteiger partial charge in [0.15, 0.2) is 0 Å². The van der Waals surface area contributed by atoms with Crippen molar-refractivity contribution in [3.63, 3.8) is 0 Å². The van der Waals surface area contributed by atoms with E-state index in [2.05, 4.69) is 4.74 Å². The lowest BCUT2D eigenvalue weighted by Crippen LogP contribution is -2.30. The van der Waals surface area contributed by atoms with E-state index in [0.29, 0.717) is 24.1 Å². The SMILES string of the molecule is COC(=O)c1cccc(CS(=O)(=O)N2CCC(O)C2)c1. The van der Waals surface area contributed by atoms with E-state index in [9.17, 15) is 18.3 Å². The second kappa shape index (κ2) is 5.90. The summed E-state index contributed by atoms with van der Waals surface area (Å²) >= 11 is 0. The summed E-state index contributed by atoms with van der Waals surface area (Å²) in [6.07, 6.45) is -0.132. The quantitative estimate of drug-likeness (QED) is 0.812. The molecule has 0 bridgehead atoms. The number of β-amino-alcohol motifs (C(OH)–C–C–N with tert-alkyl or cyclic N) is 1. The second-order valence-electron chi connectivity index (χ2n) is 4.75. The number of aliphatic hydroxyl groups is 1. The minimum atomic E-state index is -3.47. The fraction of sp³-hybridized carbons (Fsp3) is 0.462. The van der Waals surface area contributed by atoms with Gasteiger partial charge < -0.3 is 9.84 Å². The van der Waals surface area contributed by atoms with Crippen LogP contribution in [0.1, 0.15) is 22.3 Å². The highest BCUT2D eigenvalue weighted by Crippen LogP contribution is 2.18. The highest BCUT2D eigenvalue weighted by molar-refractivity contribution is 7.88. The summed E-state index contributed by atoms with van der Waals surface area (Å²) < 4.78 is 30.3. The van der Waals surface area contributed by atoms with Gasteiger partial charge in [0.1, 0.15) is 0 Å². The topological polar surface area (TPSA) is 83.9 Å². The first-order chi connectivity index (χ1) is 9.42. The summed E-state index contributed by atoms with van der Waals surface area (Å²) in [5.41, 5.74) is 0.843. The molecule has 0 spiro atoms. The monoisotopic (exact) mass is 299 g/mol. The Kier molecular flexibility index (Phi) is 4.42. The van der Waals surface area contributed by atoms with Crippen LogP contribution < -0.4 is 0 Å². The van der Waals surface area contributed by atoms with Crippen LogP contribution in [-0.2, 0) is 20.5 Å². The highest BCUT2D eigenvalue weighted by atomic mass is 32.2. The zero-order valence-corrected chi connectivity index (χ0v) is 12.0. The van der Waals surface area contributed by atoms with Gasteiger partial charge in [0.2, 0.25) is 10.0 Å². The van der Waals surface area contributed by atoms with Gasteiger partial charge in [0.25, 0.3) is 0 Å². The Balaban J connectivity index is 2.15. The molecular formula is C13H17NO5S. The lowest BCUT2D eigenvalue weighted by Gasteiger charge is -2.15. The molecular weight excluding hydrogens is 282 g/mol. The molecule has 0 amide bonds. The van der Waals surface area contributed by atoms with Crippen LogP contribution in [-0.4, -0.2) is 50.1 Å². The number of nitrogens with zero attached hydrogens (tertiary/aromatic N) is 1. The van der Waals surface area contributed by atoms with E-state index in [0.717, 1.165) is 0 Å². The summed E-state index contributed by atoms with van der Waals surface area (Å²) in [6, 6.07) is 6.35. The van der Waals surface area contributed by atoms with Crippen molar-refractivity contribution < 1.29 is 23.1 Å². The molecule has 1 aromatic rings. The van der Waals surface area contributed by atoms with Crippen molar-refractivity contribution in [2.45, 2.75) is 18.3 Å². The number of ether oxygens (including phenoxy) is 1. The van der Waals surface area contributed by atoms with Gasteiger partial charge in [-0.25, -0.2) is 13.2 Å². The molecule has 7 heteroatoms. The van der Waals surface area contributed by atoms with E-state index < -0.39 is 22.1 Å². The van der Waals surface area contributed by atoms with Crippen LogP contribution in [0.2, 0.25) is 0 Å². The standard InChI is InChI=1S/C13H17NO5S/c1-19-13(16)11-4-2-3-10(7-11)9-20(17,18)14-6-5-12(15)8-14/h2-4,7,12,15H,5-6,8-9H2,1H3. The molecule has 1 aliphatic rings. The van der Waals surface area contributed by atoms with Crippen LogP contribution in [0.3, 0.4) is 0 Å². The lowest BCUT2D eigenvalue weighted by molar-refractivity contribution is 0.0600. The number of benzene rings is 1. The van der Waals surface area contributed by atoms with Crippen molar-refractivity contribution in [2.24, 2.45) is 0 Å². The Morgan fingerprint density at radius 2 is 2.25 bits per heavy atom. The molecule has 1 unspecified atom stereocenters. The minimum Gasteiger partial charge on any atom is -0.465 e. The average molecular weight is 299 g/mol. The predicted molar refractivity (Wildman–Crippen MR) is 72.6 cm³/mol. The van der Waals surface area contributed by atoms with Gasteiger partial charge >= 0.3 is 5.97 Å². The molecule has 1 fully saturated rings. The number of aliphatic hydroxyl groups excluding tert-OH is 1. The molecule has 1 aliphatic heterocycles. The van der Waals surface area contributed by atoms with Gasteiger partial charge in [0, 0.05) is 13.1 Å². The van der Waals surface area contributed by atoms with E-state index in [4.69, 9.17) is 0 Å². The molecule has 0 saturated carbocycles. The second-order valence-corrected chi connectivity index (χ2v) is 6.72. The highest BCUT2D eigenvalue weighted by Gasteiger charge is 2.30. The molecule has 20 heavy (non-hydrogen) atoms. The van der Waals surface area contributed by atoms with E-state index in [-0.39, 0.29) is 12.3 Å². The number of hydrogen-bond donors (Lipinski definition) is 1. The number of esters is 1. The van der Waals surface area contributed by atoms with Crippen LogP contribution in [0.15, 0.2) is 24.3 Å². The van der Waals surface area contributed by atoms with Gasteiger partial charge in [-0.05, 0) is 24.1 Å². The number of methoxy groups -OCH3 is 1. The van der Waals surface area contributed by atoms with E-state index in [1.165, 1.54) is 17.5 Å². The largest absolute Gasteiger partial charge is 0.465 e. The molecule has 1 heterocycles. The Hall–Kier alpha value is -1.44. The molecule has 0 aliphatic carbocycles. The molecule has 1 atom stereocenters. The van der Waals surface area contributed by atoms with Crippen LogP contribution in [0.4, 0.5) is 0 Å². The summed E-state index contributed by atoms with van der Waals surface area (Å²) in [7, 11) is -2.20. The first kappa shape index (κ1) is 15.0.